The average molecular weight is 265 g/mol. The number of rotatable bonds is 4. The maximum Gasteiger partial charge on any atom is 0.311 e. The van der Waals surface area contributed by atoms with Crippen LogP contribution in [0.25, 0.3) is 0 Å². The third-order valence-corrected chi connectivity index (χ3v) is 4.05. The minimum Gasteiger partial charge on any atom is -0.481 e. The number of hydrogen-bond acceptors (Lipinski definition) is 2. The molecule has 0 amide bonds. The Labute approximate surface area is 113 Å². The third-order valence-electron chi connectivity index (χ3n) is 4.05. The highest BCUT2D eigenvalue weighted by Gasteiger charge is 2.40. The summed E-state index contributed by atoms with van der Waals surface area (Å²) in [5, 5.41) is 9.54. The van der Waals surface area contributed by atoms with Gasteiger partial charge in [-0.05, 0) is 31.0 Å². The second-order valence-corrected chi connectivity index (χ2v) is 5.48. The lowest BCUT2D eigenvalue weighted by Gasteiger charge is -2.37. The van der Waals surface area contributed by atoms with Crippen molar-refractivity contribution in [3.63, 3.8) is 0 Å². The number of aliphatic carboxylic acids is 1. The lowest BCUT2D eigenvalue weighted by atomic mass is 9.73. The highest BCUT2D eigenvalue weighted by Crippen LogP contribution is 2.38. The number of benzene rings is 1. The Bertz CT molecular complexity index is 455. The fraction of sp³-hybridized carbons (Fsp3) is 0.533. The first-order valence-electron chi connectivity index (χ1n) is 6.74. The van der Waals surface area contributed by atoms with Gasteiger partial charge in [0.1, 0.15) is 5.82 Å². The van der Waals surface area contributed by atoms with E-state index < -0.39 is 11.4 Å². The lowest BCUT2D eigenvalue weighted by molar-refractivity contribution is -0.150. The van der Waals surface area contributed by atoms with E-state index >= 15 is 0 Å². The molecule has 0 unspecified atom stereocenters. The van der Waals surface area contributed by atoms with Gasteiger partial charge in [0, 0.05) is 19.3 Å². The van der Waals surface area contributed by atoms with E-state index in [9.17, 15) is 14.3 Å². The van der Waals surface area contributed by atoms with E-state index in [-0.39, 0.29) is 5.82 Å². The summed E-state index contributed by atoms with van der Waals surface area (Å²) in [4.78, 5) is 13.5. The molecule has 1 aliphatic rings. The summed E-state index contributed by atoms with van der Waals surface area (Å²) in [5.41, 5.74) is 0.0467. The van der Waals surface area contributed by atoms with Crippen LogP contribution in [0.4, 0.5) is 10.1 Å². The van der Waals surface area contributed by atoms with Gasteiger partial charge in [-0.1, -0.05) is 25.3 Å². The van der Waals surface area contributed by atoms with Crippen LogP contribution in [0, 0.1) is 11.2 Å². The summed E-state index contributed by atoms with van der Waals surface area (Å²) in [6, 6.07) is 6.29. The summed E-state index contributed by atoms with van der Waals surface area (Å²) in [6.45, 7) is 0.436. The van der Waals surface area contributed by atoms with Crippen molar-refractivity contribution >= 4 is 11.7 Å². The first kappa shape index (κ1) is 13.8. The first-order chi connectivity index (χ1) is 9.03. The Hall–Kier alpha value is -1.58. The van der Waals surface area contributed by atoms with E-state index in [0.29, 0.717) is 19.4 Å². The van der Waals surface area contributed by atoms with E-state index in [1.54, 1.807) is 6.07 Å². The number of anilines is 1. The molecule has 1 fully saturated rings. The van der Waals surface area contributed by atoms with Crippen LogP contribution in [0.15, 0.2) is 24.3 Å². The summed E-state index contributed by atoms with van der Waals surface area (Å²) in [6.07, 6.45) is 4.45. The average Bonchev–Trinajstić information content (AvgIpc) is 2.39. The second kappa shape index (κ2) is 5.59. The minimum atomic E-state index is -0.726. The molecule has 104 valence electrons. The molecule has 0 spiro atoms. The maximum atomic E-state index is 13.2. The number of halogens is 1. The van der Waals surface area contributed by atoms with Crippen LogP contribution >= 0.6 is 0 Å². The molecular formula is C15H20FNO2. The van der Waals surface area contributed by atoms with Crippen molar-refractivity contribution in [3.8, 4) is 0 Å². The molecule has 0 aliphatic heterocycles. The third kappa shape index (κ3) is 3.06. The van der Waals surface area contributed by atoms with E-state index in [2.05, 4.69) is 0 Å². The van der Waals surface area contributed by atoms with Gasteiger partial charge in [0.15, 0.2) is 0 Å². The van der Waals surface area contributed by atoms with Gasteiger partial charge < -0.3 is 10.0 Å². The van der Waals surface area contributed by atoms with Crippen LogP contribution < -0.4 is 4.90 Å². The van der Waals surface area contributed by atoms with Crippen LogP contribution in [0.1, 0.15) is 32.1 Å². The Morgan fingerprint density at radius 1 is 1.37 bits per heavy atom. The fourth-order valence-electron chi connectivity index (χ4n) is 2.93. The molecule has 1 aromatic rings. The zero-order valence-corrected chi connectivity index (χ0v) is 11.2. The number of carboxylic acids is 1. The Morgan fingerprint density at radius 2 is 2.05 bits per heavy atom. The number of nitrogens with zero attached hydrogens (tertiary/aromatic N) is 1. The Balaban J connectivity index is 2.15. The van der Waals surface area contributed by atoms with Crippen molar-refractivity contribution in [2.24, 2.45) is 5.41 Å². The molecule has 0 saturated heterocycles. The summed E-state index contributed by atoms with van der Waals surface area (Å²) >= 11 is 0. The van der Waals surface area contributed by atoms with E-state index in [1.165, 1.54) is 12.1 Å². The molecule has 0 atom stereocenters. The molecule has 0 bridgehead atoms. The van der Waals surface area contributed by atoms with Crippen LogP contribution in [0.3, 0.4) is 0 Å². The molecule has 1 aromatic carbocycles. The molecule has 0 aromatic heterocycles. The van der Waals surface area contributed by atoms with Crippen molar-refractivity contribution in [1.29, 1.82) is 0 Å². The fourth-order valence-corrected chi connectivity index (χ4v) is 2.93. The molecule has 1 saturated carbocycles. The molecule has 19 heavy (non-hydrogen) atoms. The van der Waals surface area contributed by atoms with Gasteiger partial charge >= 0.3 is 5.97 Å². The van der Waals surface area contributed by atoms with Gasteiger partial charge in [-0.3, -0.25) is 4.79 Å². The van der Waals surface area contributed by atoms with E-state index in [0.717, 1.165) is 24.9 Å². The summed E-state index contributed by atoms with van der Waals surface area (Å²) in [7, 11) is 1.83. The second-order valence-electron chi connectivity index (χ2n) is 5.48. The minimum absolute atomic E-state index is 0.294. The number of carboxylic acid groups (broad SMARTS) is 1. The van der Waals surface area contributed by atoms with Gasteiger partial charge in [0.25, 0.3) is 0 Å². The predicted octanol–water partition coefficient (Wildman–Crippen LogP) is 3.30. The van der Waals surface area contributed by atoms with Gasteiger partial charge in [0.05, 0.1) is 5.41 Å². The first-order valence-corrected chi connectivity index (χ1v) is 6.74. The standard InChI is InChI=1S/C15H20FNO2/c1-17(13-7-5-6-12(16)10-13)11-15(14(18)19)8-3-2-4-9-15/h5-7,10H,2-4,8-9,11H2,1H3,(H,18,19). The summed E-state index contributed by atoms with van der Waals surface area (Å²) < 4.78 is 13.2. The van der Waals surface area contributed by atoms with Crippen molar-refractivity contribution < 1.29 is 14.3 Å². The molecular weight excluding hydrogens is 245 g/mol. The lowest BCUT2D eigenvalue weighted by Crippen LogP contribution is -2.43. The van der Waals surface area contributed by atoms with Crippen molar-refractivity contribution in [3.05, 3.63) is 30.1 Å². The molecule has 0 radical (unpaired) electrons. The van der Waals surface area contributed by atoms with Gasteiger partial charge in [-0.2, -0.15) is 0 Å². The highest BCUT2D eigenvalue weighted by atomic mass is 19.1. The van der Waals surface area contributed by atoms with Crippen molar-refractivity contribution in [1.82, 2.24) is 0 Å². The molecule has 1 N–H and O–H groups in total. The number of carbonyl (C=O) groups is 1. The molecule has 4 heteroatoms. The van der Waals surface area contributed by atoms with Crippen LogP contribution in [-0.2, 0) is 4.79 Å². The molecule has 3 nitrogen and oxygen atoms in total. The van der Waals surface area contributed by atoms with Crippen molar-refractivity contribution in [2.75, 3.05) is 18.5 Å². The van der Waals surface area contributed by atoms with E-state index in [4.69, 9.17) is 0 Å². The monoisotopic (exact) mass is 265 g/mol. The van der Waals surface area contributed by atoms with Crippen LogP contribution in [0.5, 0.6) is 0 Å². The van der Waals surface area contributed by atoms with E-state index in [1.807, 2.05) is 18.0 Å². The van der Waals surface area contributed by atoms with Gasteiger partial charge in [0.2, 0.25) is 0 Å². The van der Waals surface area contributed by atoms with Crippen LogP contribution in [-0.4, -0.2) is 24.7 Å². The van der Waals surface area contributed by atoms with Gasteiger partial charge in [-0.25, -0.2) is 4.39 Å². The molecule has 0 heterocycles. The smallest absolute Gasteiger partial charge is 0.311 e. The molecule has 1 aliphatic carbocycles. The summed E-state index contributed by atoms with van der Waals surface area (Å²) in [5.74, 6) is -1.02. The molecule has 2 rings (SSSR count). The van der Waals surface area contributed by atoms with Crippen molar-refractivity contribution in [2.45, 2.75) is 32.1 Å². The zero-order chi connectivity index (χ0) is 13.9. The Kier molecular flexibility index (Phi) is 4.08. The quantitative estimate of drug-likeness (QED) is 0.908. The van der Waals surface area contributed by atoms with Gasteiger partial charge in [-0.15, -0.1) is 0 Å². The maximum absolute atomic E-state index is 13.2. The largest absolute Gasteiger partial charge is 0.481 e. The van der Waals surface area contributed by atoms with Crippen LogP contribution in [0.2, 0.25) is 0 Å². The number of hydrogen-bond donors (Lipinski definition) is 1. The highest BCUT2D eigenvalue weighted by molar-refractivity contribution is 5.75. The predicted molar refractivity (Wildman–Crippen MR) is 72.8 cm³/mol. The normalized spacial score (nSPS) is 18.0. The SMILES string of the molecule is CN(CC1(C(=O)O)CCCCC1)c1cccc(F)c1. The Morgan fingerprint density at radius 3 is 2.63 bits per heavy atom. The topological polar surface area (TPSA) is 40.5 Å². The zero-order valence-electron chi connectivity index (χ0n) is 11.2.